The second-order valence-corrected chi connectivity index (χ2v) is 4.79. The van der Waals surface area contributed by atoms with Crippen molar-refractivity contribution in [3.05, 3.63) is 58.6 Å². The molecule has 5 heteroatoms. The third-order valence-corrected chi connectivity index (χ3v) is 3.30. The summed E-state index contributed by atoms with van der Waals surface area (Å²) in [5.74, 6) is -0.674. The highest BCUT2D eigenvalue weighted by molar-refractivity contribution is 6.30. The number of hydrogen-bond donors (Lipinski definition) is 1. The lowest BCUT2D eigenvalue weighted by Crippen LogP contribution is -2.12. The maximum absolute atomic E-state index is 14.0. The molecule has 0 spiro atoms. The van der Waals surface area contributed by atoms with E-state index in [2.05, 4.69) is 5.32 Å². The topological polar surface area (TPSA) is 21.3 Å². The van der Waals surface area contributed by atoms with Gasteiger partial charge in [-0.25, -0.2) is 8.78 Å². The molecule has 2 aromatic rings. The van der Waals surface area contributed by atoms with Crippen LogP contribution in [-0.2, 0) is 0 Å². The molecule has 0 aliphatic rings. The first-order valence-electron chi connectivity index (χ1n) is 6.11. The molecular formula is C15H14ClF2NO. The summed E-state index contributed by atoms with van der Waals surface area (Å²) in [6, 6.07) is 8.62. The highest BCUT2D eigenvalue weighted by atomic mass is 35.5. The zero-order valence-electron chi connectivity index (χ0n) is 11.1. The van der Waals surface area contributed by atoms with Crippen LogP contribution in [0.15, 0.2) is 36.4 Å². The molecule has 20 heavy (non-hydrogen) atoms. The van der Waals surface area contributed by atoms with E-state index >= 15 is 0 Å². The monoisotopic (exact) mass is 297 g/mol. The lowest BCUT2D eigenvalue weighted by Gasteiger charge is -2.13. The number of hydrogen-bond acceptors (Lipinski definition) is 2. The smallest absolute Gasteiger partial charge is 0.166 e. The van der Waals surface area contributed by atoms with Crippen molar-refractivity contribution in [3.63, 3.8) is 0 Å². The van der Waals surface area contributed by atoms with Gasteiger partial charge in [0.05, 0.1) is 5.02 Å². The molecule has 0 saturated heterocycles. The highest BCUT2D eigenvalue weighted by Crippen LogP contribution is 2.29. The number of ether oxygens (including phenoxy) is 1. The van der Waals surface area contributed by atoms with Gasteiger partial charge in [-0.05, 0) is 43.8 Å². The Bertz CT molecular complexity index is 619. The van der Waals surface area contributed by atoms with E-state index in [4.69, 9.17) is 16.3 Å². The fraction of sp³-hybridized carbons (Fsp3) is 0.200. The molecule has 0 fully saturated rings. The van der Waals surface area contributed by atoms with Gasteiger partial charge in [0.1, 0.15) is 11.6 Å². The van der Waals surface area contributed by atoms with Crippen molar-refractivity contribution in [1.29, 1.82) is 0 Å². The summed E-state index contributed by atoms with van der Waals surface area (Å²) in [5, 5.41) is 2.96. The van der Waals surface area contributed by atoms with Gasteiger partial charge in [0.2, 0.25) is 0 Å². The van der Waals surface area contributed by atoms with Crippen LogP contribution in [0.4, 0.5) is 8.78 Å². The van der Waals surface area contributed by atoms with Crippen molar-refractivity contribution >= 4 is 11.6 Å². The third kappa shape index (κ3) is 3.26. The summed E-state index contributed by atoms with van der Waals surface area (Å²) in [6.07, 6.45) is 0. The summed E-state index contributed by atoms with van der Waals surface area (Å²) in [6.45, 7) is 1.93. The highest BCUT2D eigenvalue weighted by Gasteiger charge is 2.10. The van der Waals surface area contributed by atoms with E-state index in [1.54, 1.807) is 13.1 Å². The zero-order chi connectivity index (χ0) is 14.7. The summed E-state index contributed by atoms with van der Waals surface area (Å²) < 4.78 is 32.3. The van der Waals surface area contributed by atoms with Gasteiger partial charge in [0, 0.05) is 12.1 Å². The lowest BCUT2D eigenvalue weighted by molar-refractivity contribution is 0.439. The van der Waals surface area contributed by atoms with Crippen LogP contribution in [0.3, 0.4) is 0 Å². The van der Waals surface area contributed by atoms with Gasteiger partial charge in [-0.2, -0.15) is 0 Å². The number of rotatable bonds is 4. The van der Waals surface area contributed by atoms with Gasteiger partial charge in [-0.15, -0.1) is 0 Å². The average molecular weight is 298 g/mol. The maximum Gasteiger partial charge on any atom is 0.166 e. The van der Waals surface area contributed by atoms with E-state index in [-0.39, 0.29) is 22.6 Å². The van der Waals surface area contributed by atoms with E-state index in [0.29, 0.717) is 0 Å². The second kappa shape index (κ2) is 6.20. The van der Waals surface area contributed by atoms with Crippen molar-refractivity contribution in [2.45, 2.75) is 13.0 Å². The first-order valence-corrected chi connectivity index (χ1v) is 6.48. The van der Waals surface area contributed by atoms with Crippen molar-refractivity contribution < 1.29 is 13.5 Å². The molecule has 0 saturated carbocycles. The van der Waals surface area contributed by atoms with E-state index in [1.165, 1.54) is 30.3 Å². The largest absolute Gasteiger partial charge is 0.454 e. The Hall–Kier alpha value is -1.65. The normalized spacial score (nSPS) is 12.2. The van der Waals surface area contributed by atoms with Gasteiger partial charge < -0.3 is 10.1 Å². The molecule has 0 aromatic heterocycles. The Balaban J connectivity index is 2.23. The van der Waals surface area contributed by atoms with E-state index < -0.39 is 11.6 Å². The molecule has 0 bridgehead atoms. The van der Waals surface area contributed by atoms with Crippen LogP contribution in [0.25, 0.3) is 0 Å². The van der Waals surface area contributed by atoms with Crippen LogP contribution in [-0.4, -0.2) is 7.05 Å². The Morgan fingerprint density at radius 1 is 1.10 bits per heavy atom. The van der Waals surface area contributed by atoms with Crippen LogP contribution in [0.5, 0.6) is 11.5 Å². The minimum atomic E-state index is -0.544. The minimum Gasteiger partial charge on any atom is -0.454 e. The molecule has 2 rings (SSSR count). The van der Waals surface area contributed by atoms with Crippen molar-refractivity contribution in [1.82, 2.24) is 5.32 Å². The summed E-state index contributed by atoms with van der Waals surface area (Å²) in [7, 11) is 1.80. The molecule has 0 amide bonds. The van der Waals surface area contributed by atoms with Crippen molar-refractivity contribution in [2.24, 2.45) is 0 Å². The average Bonchev–Trinajstić information content (AvgIpc) is 2.44. The summed E-state index contributed by atoms with van der Waals surface area (Å²) in [4.78, 5) is 0. The Morgan fingerprint density at radius 2 is 1.85 bits per heavy atom. The summed E-state index contributed by atoms with van der Waals surface area (Å²) in [5.41, 5.74) is 0.814. The quantitative estimate of drug-likeness (QED) is 0.884. The lowest BCUT2D eigenvalue weighted by atomic mass is 10.1. The number of benzene rings is 2. The fourth-order valence-corrected chi connectivity index (χ4v) is 1.87. The van der Waals surface area contributed by atoms with Gasteiger partial charge in [-0.3, -0.25) is 0 Å². The van der Waals surface area contributed by atoms with Crippen LogP contribution in [0, 0.1) is 11.6 Å². The molecule has 0 heterocycles. The van der Waals surface area contributed by atoms with Crippen LogP contribution >= 0.6 is 11.6 Å². The minimum absolute atomic E-state index is 0.0406. The van der Waals surface area contributed by atoms with Gasteiger partial charge in [0.15, 0.2) is 11.6 Å². The molecule has 0 aliphatic carbocycles. The first kappa shape index (κ1) is 14.8. The Kier molecular flexibility index (Phi) is 4.57. The van der Waals surface area contributed by atoms with Crippen molar-refractivity contribution in [3.8, 4) is 11.5 Å². The van der Waals surface area contributed by atoms with Gasteiger partial charge >= 0.3 is 0 Å². The SMILES string of the molecule is CNC(C)c1ccc(Oc2ccc(F)c(Cl)c2)c(F)c1. The molecule has 1 unspecified atom stereocenters. The Morgan fingerprint density at radius 3 is 2.45 bits per heavy atom. The van der Waals surface area contributed by atoms with E-state index in [0.717, 1.165) is 5.56 Å². The zero-order valence-corrected chi connectivity index (χ0v) is 11.8. The third-order valence-electron chi connectivity index (χ3n) is 3.01. The second-order valence-electron chi connectivity index (χ2n) is 4.38. The maximum atomic E-state index is 14.0. The fourth-order valence-electron chi connectivity index (χ4n) is 1.70. The molecule has 2 aromatic carbocycles. The molecular weight excluding hydrogens is 284 g/mol. The standard InChI is InChI=1S/C15H14ClF2NO/c1-9(19-2)10-3-6-15(14(18)7-10)20-11-4-5-13(17)12(16)8-11/h3-9,19H,1-2H3. The number of nitrogens with one attached hydrogen (secondary N) is 1. The first-order chi connectivity index (χ1) is 9.51. The molecule has 1 N–H and O–H groups in total. The predicted molar refractivity (Wildman–Crippen MR) is 75.4 cm³/mol. The predicted octanol–water partition coefficient (Wildman–Crippen LogP) is 4.69. The van der Waals surface area contributed by atoms with Gasteiger partial charge in [-0.1, -0.05) is 17.7 Å². The van der Waals surface area contributed by atoms with Crippen LogP contribution < -0.4 is 10.1 Å². The number of halogens is 3. The molecule has 106 valence electrons. The van der Waals surface area contributed by atoms with Gasteiger partial charge in [0.25, 0.3) is 0 Å². The molecule has 1 atom stereocenters. The summed E-state index contributed by atoms with van der Waals surface area (Å²) >= 11 is 5.65. The van der Waals surface area contributed by atoms with E-state index in [9.17, 15) is 8.78 Å². The van der Waals surface area contributed by atoms with Crippen LogP contribution in [0.1, 0.15) is 18.5 Å². The van der Waals surface area contributed by atoms with Crippen molar-refractivity contribution in [2.75, 3.05) is 7.05 Å². The molecule has 2 nitrogen and oxygen atoms in total. The molecule has 0 radical (unpaired) electrons. The Labute approximate surface area is 121 Å². The van der Waals surface area contributed by atoms with Crippen LogP contribution in [0.2, 0.25) is 5.02 Å². The van der Waals surface area contributed by atoms with E-state index in [1.807, 2.05) is 6.92 Å². The molecule has 0 aliphatic heterocycles.